The van der Waals surface area contributed by atoms with Crippen LogP contribution in [-0.4, -0.2) is 5.54 Å². The number of hydrogen-bond donors (Lipinski definition) is 1. The summed E-state index contributed by atoms with van der Waals surface area (Å²) in [7, 11) is 0. The highest BCUT2D eigenvalue weighted by atomic mass is 14.9. The molecular weight excluding hydrogens is 146 g/mol. The van der Waals surface area contributed by atoms with Crippen molar-refractivity contribution in [2.75, 3.05) is 0 Å². The van der Waals surface area contributed by atoms with Gasteiger partial charge in [-0.05, 0) is 30.1 Å². The standard InChI is InChI=1S/C11H23N/c1-8(2)6-11(12)7-9(11)10(3,4)5/h8-9H,6-7,12H2,1-5H3. The molecule has 1 heteroatoms. The van der Waals surface area contributed by atoms with Gasteiger partial charge in [-0.3, -0.25) is 0 Å². The van der Waals surface area contributed by atoms with Crippen molar-refractivity contribution in [2.24, 2.45) is 23.0 Å². The van der Waals surface area contributed by atoms with Crippen molar-refractivity contribution in [3.05, 3.63) is 0 Å². The monoisotopic (exact) mass is 169 g/mol. The molecule has 0 aliphatic heterocycles. The predicted octanol–water partition coefficient (Wildman–Crippen LogP) is 2.80. The van der Waals surface area contributed by atoms with Gasteiger partial charge in [0.2, 0.25) is 0 Å². The number of nitrogens with two attached hydrogens (primary N) is 1. The highest BCUT2D eigenvalue weighted by molar-refractivity contribution is 5.12. The Morgan fingerprint density at radius 2 is 1.92 bits per heavy atom. The zero-order valence-electron chi connectivity index (χ0n) is 9.15. The van der Waals surface area contributed by atoms with Crippen molar-refractivity contribution in [3.63, 3.8) is 0 Å². The van der Waals surface area contributed by atoms with Gasteiger partial charge in [0.15, 0.2) is 0 Å². The van der Waals surface area contributed by atoms with Gasteiger partial charge < -0.3 is 5.73 Å². The van der Waals surface area contributed by atoms with Crippen molar-refractivity contribution in [1.82, 2.24) is 0 Å². The predicted molar refractivity (Wildman–Crippen MR) is 53.9 cm³/mol. The van der Waals surface area contributed by atoms with Gasteiger partial charge in [0.05, 0.1) is 0 Å². The van der Waals surface area contributed by atoms with Crippen molar-refractivity contribution in [3.8, 4) is 0 Å². The average molecular weight is 169 g/mol. The Kier molecular flexibility index (Phi) is 2.28. The Morgan fingerprint density at radius 1 is 1.42 bits per heavy atom. The van der Waals surface area contributed by atoms with E-state index in [0.29, 0.717) is 5.41 Å². The molecular formula is C11H23N. The SMILES string of the molecule is CC(C)CC1(N)CC1C(C)(C)C. The van der Waals surface area contributed by atoms with Crippen LogP contribution in [0.1, 0.15) is 47.5 Å². The molecule has 1 rings (SSSR count). The summed E-state index contributed by atoms with van der Waals surface area (Å²) in [5, 5.41) is 0. The van der Waals surface area contributed by atoms with Gasteiger partial charge in [0.25, 0.3) is 0 Å². The van der Waals surface area contributed by atoms with E-state index < -0.39 is 0 Å². The Labute approximate surface area is 76.7 Å². The van der Waals surface area contributed by atoms with E-state index in [-0.39, 0.29) is 5.54 Å². The van der Waals surface area contributed by atoms with E-state index in [1.165, 1.54) is 12.8 Å². The lowest BCUT2D eigenvalue weighted by molar-refractivity contribution is 0.298. The molecule has 0 amide bonds. The lowest BCUT2D eigenvalue weighted by Gasteiger charge is -2.23. The van der Waals surface area contributed by atoms with Gasteiger partial charge in [-0.15, -0.1) is 0 Å². The van der Waals surface area contributed by atoms with Crippen LogP contribution >= 0.6 is 0 Å². The fourth-order valence-electron chi connectivity index (χ4n) is 2.48. The summed E-state index contributed by atoms with van der Waals surface area (Å²) < 4.78 is 0. The first-order valence-electron chi connectivity index (χ1n) is 5.04. The Hall–Kier alpha value is -0.0400. The van der Waals surface area contributed by atoms with E-state index in [4.69, 9.17) is 5.73 Å². The van der Waals surface area contributed by atoms with E-state index in [9.17, 15) is 0 Å². The third-order valence-corrected chi connectivity index (χ3v) is 2.95. The van der Waals surface area contributed by atoms with Crippen LogP contribution in [0.2, 0.25) is 0 Å². The Bertz CT molecular complexity index is 166. The van der Waals surface area contributed by atoms with Crippen LogP contribution in [0.15, 0.2) is 0 Å². The maximum atomic E-state index is 6.28. The van der Waals surface area contributed by atoms with Gasteiger partial charge in [-0.25, -0.2) is 0 Å². The molecule has 12 heavy (non-hydrogen) atoms. The molecule has 0 aromatic rings. The molecule has 0 heterocycles. The van der Waals surface area contributed by atoms with Crippen molar-refractivity contribution >= 4 is 0 Å². The van der Waals surface area contributed by atoms with Crippen LogP contribution in [0.5, 0.6) is 0 Å². The molecule has 1 aliphatic rings. The maximum Gasteiger partial charge on any atom is 0.0194 e. The van der Waals surface area contributed by atoms with Gasteiger partial charge in [0, 0.05) is 5.54 Å². The first kappa shape index (κ1) is 10.0. The van der Waals surface area contributed by atoms with Crippen LogP contribution in [0.4, 0.5) is 0 Å². The minimum Gasteiger partial charge on any atom is -0.325 e. The largest absolute Gasteiger partial charge is 0.325 e. The Morgan fingerprint density at radius 3 is 2.17 bits per heavy atom. The minimum absolute atomic E-state index is 0.173. The zero-order valence-corrected chi connectivity index (χ0v) is 9.15. The third-order valence-electron chi connectivity index (χ3n) is 2.95. The highest BCUT2D eigenvalue weighted by Gasteiger charge is 2.55. The van der Waals surface area contributed by atoms with Gasteiger partial charge in [-0.2, -0.15) is 0 Å². The highest BCUT2D eigenvalue weighted by Crippen LogP contribution is 2.54. The molecule has 0 spiro atoms. The summed E-state index contributed by atoms with van der Waals surface area (Å²) in [5.74, 6) is 1.48. The van der Waals surface area contributed by atoms with E-state index in [0.717, 1.165) is 11.8 Å². The van der Waals surface area contributed by atoms with Crippen LogP contribution in [0.25, 0.3) is 0 Å². The van der Waals surface area contributed by atoms with Crippen molar-refractivity contribution in [2.45, 2.75) is 53.0 Å². The van der Waals surface area contributed by atoms with Crippen LogP contribution in [0, 0.1) is 17.3 Å². The molecule has 0 radical (unpaired) electrons. The molecule has 2 atom stereocenters. The molecule has 0 bridgehead atoms. The molecule has 72 valence electrons. The minimum atomic E-state index is 0.173. The van der Waals surface area contributed by atoms with E-state index in [1.807, 2.05) is 0 Å². The zero-order chi connectivity index (χ0) is 9.57. The second-order valence-corrected chi connectivity index (χ2v) is 5.95. The number of rotatable bonds is 2. The van der Waals surface area contributed by atoms with Crippen LogP contribution in [-0.2, 0) is 0 Å². The summed E-state index contributed by atoms with van der Waals surface area (Å²) in [6.07, 6.45) is 2.42. The lowest BCUT2D eigenvalue weighted by Crippen LogP contribution is -2.31. The molecule has 0 aromatic heterocycles. The first-order chi connectivity index (χ1) is 5.26. The van der Waals surface area contributed by atoms with E-state index in [2.05, 4.69) is 34.6 Å². The normalized spacial score (nSPS) is 35.8. The van der Waals surface area contributed by atoms with Crippen LogP contribution in [0.3, 0.4) is 0 Å². The molecule has 1 fully saturated rings. The average Bonchev–Trinajstić information content (AvgIpc) is 2.37. The Balaban J connectivity index is 2.48. The van der Waals surface area contributed by atoms with Gasteiger partial charge in [0.1, 0.15) is 0 Å². The molecule has 1 aliphatic carbocycles. The van der Waals surface area contributed by atoms with Gasteiger partial charge >= 0.3 is 0 Å². The second-order valence-electron chi connectivity index (χ2n) is 5.95. The fourth-order valence-corrected chi connectivity index (χ4v) is 2.48. The lowest BCUT2D eigenvalue weighted by atomic mass is 9.85. The van der Waals surface area contributed by atoms with Gasteiger partial charge in [-0.1, -0.05) is 34.6 Å². The summed E-state index contributed by atoms with van der Waals surface area (Å²) in [6.45, 7) is 11.4. The quantitative estimate of drug-likeness (QED) is 0.676. The topological polar surface area (TPSA) is 26.0 Å². The molecule has 2 unspecified atom stereocenters. The second kappa shape index (κ2) is 2.73. The summed E-state index contributed by atoms with van der Waals surface area (Å²) >= 11 is 0. The summed E-state index contributed by atoms with van der Waals surface area (Å²) in [4.78, 5) is 0. The maximum absolute atomic E-state index is 6.28. The summed E-state index contributed by atoms with van der Waals surface area (Å²) in [5.41, 5.74) is 6.86. The fraction of sp³-hybridized carbons (Fsp3) is 1.00. The number of hydrogen-bond acceptors (Lipinski definition) is 1. The van der Waals surface area contributed by atoms with Crippen LogP contribution < -0.4 is 5.73 Å². The van der Waals surface area contributed by atoms with E-state index in [1.54, 1.807) is 0 Å². The third kappa shape index (κ3) is 2.01. The molecule has 1 nitrogen and oxygen atoms in total. The first-order valence-corrected chi connectivity index (χ1v) is 5.04. The molecule has 1 saturated carbocycles. The van der Waals surface area contributed by atoms with Crippen molar-refractivity contribution in [1.29, 1.82) is 0 Å². The molecule has 2 N–H and O–H groups in total. The van der Waals surface area contributed by atoms with E-state index >= 15 is 0 Å². The summed E-state index contributed by atoms with van der Waals surface area (Å²) in [6, 6.07) is 0. The molecule has 0 saturated heterocycles. The van der Waals surface area contributed by atoms with Crippen molar-refractivity contribution < 1.29 is 0 Å². The smallest absolute Gasteiger partial charge is 0.0194 e. The molecule has 0 aromatic carbocycles.